The predicted molar refractivity (Wildman–Crippen MR) is 121 cm³/mol. The van der Waals surface area contributed by atoms with Gasteiger partial charge in [0.25, 0.3) is 0 Å². The van der Waals surface area contributed by atoms with Crippen LogP contribution in [0.4, 0.5) is 11.8 Å². The Kier molecular flexibility index (Phi) is 6.11. The molecular formula is C24H28N4O3. The molecule has 2 aromatic carbocycles. The summed E-state index contributed by atoms with van der Waals surface area (Å²) in [5.74, 6) is 2.81. The molecule has 7 heteroatoms. The van der Waals surface area contributed by atoms with Crippen molar-refractivity contribution in [3.05, 3.63) is 53.7 Å². The van der Waals surface area contributed by atoms with E-state index in [4.69, 9.17) is 20.9 Å². The number of phenols is 1. The maximum Gasteiger partial charge on any atom is 0.221 e. The van der Waals surface area contributed by atoms with Crippen molar-refractivity contribution in [2.75, 3.05) is 24.7 Å². The van der Waals surface area contributed by atoms with E-state index < -0.39 is 0 Å². The molecule has 0 unspecified atom stereocenters. The smallest absolute Gasteiger partial charge is 0.221 e. The molecule has 0 spiro atoms. The van der Waals surface area contributed by atoms with E-state index in [0.717, 1.165) is 33.8 Å². The lowest BCUT2D eigenvalue weighted by Gasteiger charge is -2.26. The molecule has 1 fully saturated rings. The minimum Gasteiger partial charge on any atom is -0.508 e. The molecule has 7 nitrogen and oxygen atoms in total. The number of nitrogens with zero attached hydrogens (tertiary/aromatic N) is 2. The van der Waals surface area contributed by atoms with Gasteiger partial charge in [-0.15, -0.1) is 0 Å². The van der Waals surface area contributed by atoms with Crippen LogP contribution in [0.15, 0.2) is 42.6 Å². The predicted octanol–water partition coefficient (Wildman–Crippen LogP) is 4.18. The van der Waals surface area contributed by atoms with Crippen molar-refractivity contribution in [3.63, 3.8) is 0 Å². The van der Waals surface area contributed by atoms with Crippen molar-refractivity contribution in [2.45, 2.75) is 32.6 Å². The molecule has 31 heavy (non-hydrogen) atoms. The second kappa shape index (κ2) is 9.12. The zero-order chi connectivity index (χ0) is 21.8. The Bertz CT molecular complexity index is 1050. The third kappa shape index (κ3) is 4.82. The van der Waals surface area contributed by atoms with Gasteiger partial charge < -0.3 is 26.0 Å². The molecular weight excluding hydrogens is 392 g/mol. The number of benzene rings is 2. The zero-order valence-electron chi connectivity index (χ0n) is 17.7. The van der Waals surface area contributed by atoms with Crippen molar-refractivity contribution < 1.29 is 14.6 Å². The maximum atomic E-state index is 9.72. The number of phenolic OH excluding ortho intramolecular Hbond substituents is 1. The van der Waals surface area contributed by atoms with Crippen LogP contribution in [0.1, 0.15) is 37.3 Å². The Morgan fingerprint density at radius 1 is 1.06 bits per heavy atom. The van der Waals surface area contributed by atoms with Crippen LogP contribution in [-0.4, -0.2) is 28.3 Å². The van der Waals surface area contributed by atoms with Crippen LogP contribution in [0.25, 0.3) is 11.1 Å². The lowest BCUT2D eigenvalue weighted by Crippen LogP contribution is -2.19. The summed E-state index contributed by atoms with van der Waals surface area (Å²) in [7, 11) is 0. The van der Waals surface area contributed by atoms with Gasteiger partial charge in [-0.3, -0.25) is 0 Å². The lowest BCUT2D eigenvalue weighted by molar-refractivity contribution is 0.180. The van der Waals surface area contributed by atoms with Crippen molar-refractivity contribution in [1.29, 1.82) is 0 Å². The van der Waals surface area contributed by atoms with Gasteiger partial charge >= 0.3 is 0 Å². The summed E-state index contributed by atoms with van der Waals surface area (Å²) in [5.41, 5.74) is 15.3. The number of aromatic nitrogens is 2. The highest BCUT2D eigenvalue weighted by Crippen LogP contribution is 2.42. The quantitative estimate of drug-likeness (QED) is 0.500. The monoisotopic (exact) mass is 420 g/mol. The average Bonchev–Trinajstić information content (AvgIpc) is 2.70. The van der Waals surface area contributed by atoms with Crippen LogP contribution in [-0.2, 0) is 6.42 Å². The molecule has 3 aromatic rings. The van der Waals surface area contributed by atoms with E-state index in [9.17, 15) is 5.11 Å². The van der Waals surface area contributed by atoms with Crippen LogP contribution >= 0.6 is 0 Å². The molecule has 0 bridgehead atoms. The normalized spacial score (nSPS) is 13.6. The Morgan fingerprint density at radius 2 is 1.77 bits per heavy atom. The second-order valence-corrected chi connectivity index (χ2v) is 7.87. The molecule has 1 aliphatic carbocycles. The van der Waals surface area contributed by atoms with E-state index in [1.807, 2.05) is 31.2 Å². The summed E-state index contributed by atoms with van der Waals surface area (Å²) < 4.78 is 12.3. The van der Waals surface area contributed by atoms with E-state index in [2.05, 4.69) is 9.97 Å². The largest absolute Gasteiger partial charge is 0.508 e. The van der Waals surface area contributed by atoms with E-state index >= 15 is 0 Å². The van der Waals surface area contributed by atoms with Crippen LogP contribution in [0, 0.1) is 5.92 Å². The standard InChI is InChI=1S/C24H28N4O3/c1-2-30-20-11-16(10-18-13-27-24(26)28-23(18)25)12-21(31-14-15-4-3-5-15)22(20)17-6-8-19(29)9-7-17/h6-9,11-13,15,29H,2-5,10,14H2,1H3,(H4,25,26,27,28). The van der Waals surface area contributed by atoms with Gasteiger partial charge in [0, 0.05) is 18.2 Å². The topological polar surface area (TPSA) is 117 Å². The number of hydrogen-bond donors (Lipinski definition) is 3. The molecule has 0 amide bonds. The first-order valence-electron chi connectivity index (χ1n) is 10.6. The highest BCUT2D eigenvalue weighted by atomic mass is 16.5. The van der Waals surface area contributed by atoms with Gasteiger partial charge in [-0.2, -0.15) is 4.98 Å². The maximum absolute atomic E-state index is 9.72. The molecule has 5 N–H and O–H groups in total. The highest BCUT2D eigenvalue weighted by molar-refractivity contribution is 5.78. The van der Waals surface area contributed by atoms with Crippen molar-refractivity contribution in [1.82, 2.24) is 9.97 Å². The Labute approximate surface area is 182 Å². The zero-order valence-corrected chi connectivity index (χ0v) is 17.7. The first-order chi connectivity index (χ1) is 15.0. The van der Waals surface area contributed by atoms with Gasteiger partial charge in [0.1, 0.15) is 23.1 Å². The van der Waals surface area contributed by atoms with Gasteiger partial charge in [0.05, 0.1) is 18.8 Å². The van der Waals surface area contributed by atoms with Crippen molar-refractivity contribution >= 4 is 11.8 Å². The fourth-order valence-electron chi connectivity index (χ4n) is 3.70. The number of rotatable bonds is 8. The van der Waals surface area contributed by atoms with E-state index in [0.29, 0.717) is 31.4 Å². The van der Waals surface area contributed by atoms with Gasteiger partial charge in [-0.1, -0.05) is 18.6 Å². The number of ether oxygens (including phenoxy) is 2. The first-order valence-corrected chi connectivity index (χ1v) is 10.6. The molecule has 0 radical (unpaired) electrons. The molecule has 1 heterocycles. The minimum atomic E-state index is 0.156. The third-order valence-electron chi connectivity index (χ3n) is 5.59. The van der Waals surface area contributed by atoms with E-state index in [1.165, 1.54) is 19.3 Å². The molecule has 0 aliphatic heterocycles. The third-order valence-corrected chi connectivity index (χ3v) is 5.59. The Hall–Kier alpha value is -3.48. The summed E-state index contributed by atoms with van der Waals surface area (Å²) in [6.07, 6.45) is 5.85. The van der Waals surface area contributed by atoms with E-state index in [1.54, 1.807) is 18.3 Å². The van der Waals surface area contributed by atoms with Gasteiger partial charge in [-0.05, 0) is 61.1 Å². The number of nitrogens with two attached hydrogens (primary N) is 2. The lowest BCUT2D eigenvalue weighted by atomic mass is 9.86. The van der Waals surface area contributed by atoms with E-state index in [-0.39, 0.29) is 11.7 Å². The Balaban J connectivity index is 1.75. The van der Waals surface area contributed by atoms with Crippen molar-refractivity contribution in [2.24, 2.45) is 5.92 Å². The van der Waals surface area contributed by atoms with Crippen molar-refractivity contribution in [3.8, 4) is 28.4 Å². The summed E-state index contributed by atoms with van der Waals surface area (Å²) in [6.45, 7) is 3.14. The summed E-state index contributed by atoms with van der Waals surface area (Å²) >= 11 is 0. The SMILES string of the molecule is CCOc1cc(Cc2cnc(N)nc2N)cc(OCC2CCC2)c1-c1ccc(O)cc1. The number of anilines is 2. The number of nitrogen functional groups attached to an aromatic ring is 2. The highest BCUT2D eigenvalue weighted by Gasteiger charge is 2.21. The molecule has 1 aliphatic rings. The van der Waals surface area contributed by atoms with Crippen LogP contribution < -0.4 is 20.9 Å². The van der Waals surface area contributed by atoms with Gasteiger partial charge in [-0.25, -0.2) is 4.98 Å². The number of hydrogen-bond acceptors (Lipinski definition) is 7. The fourth-order valence-corrected chi connectivity index (χ4v) is 3.70. The molecule has 4 rings (SSSR count). The molecule has 0 saturated heterocycles. The van der Waals surface area contributed by atoms with Crippen LogP contribution in [0.2, 0.25) is 0 Å². The first kappa shape index (κ1) is 20.8. The van der Waals surface area contributed by atoms with Crippen LogP contribution in [0.5, 0.6) is 17.2 Å². The van der Waals surface area contributed by atoms with Gasteiger partial charge in [0.15, 0.2) is 0 Å². The number of aromatic hydroxyl groups is 1. The van der Waals surface area contributed by atoms with Crippen LogP contribution in [0.3, 0.4) is 0 Å². The molecule has 1 aromatic heterocycles. The second-order valence-electron chi connectivity index (χ2n) is 7.87. The minimum absolute atomic E-state index is 0.156. The average molecular weight is 421 g/mol. The summed E-state index contributed by atoms with van der Waals surface area (Å²) in [5, 5.41) is 9.72. The summed E-state index contributed by atoms with van der Waals surface area (Å²) in [6, 6.07) is 11.1. The molecule has 1 saturated carbocycles. The molecule has 162 valence electrons. The summed E-state index contributed by atoms with van der Waals surface area (Å²) in [4.78, 5) is 8.13. The Morgan fingerprint density at radius 3 is 2.39 bits per heavy atom. The fraction of sp³-hybridized carbons (Fsp3) is 0.333. The van der Waals surface area contributed by atoms with Gasteiger partial charge in [0.2, 0.25) is 5.95 Å². The molecule has 0 atom stereocenters.